The molecule has 0 aliphatic carbocycles. The van der Waals surface area contributed by atoms with Gasteiger partial charge in [0.1, 0.15) is 5.82 Å². The zero-order valence-corrected chi connectivity index (χ0v) is 11.4. The van der Waals surface area contributed by atoms with Crippen LogP contribution in [0, 0.1) is 0 Å². The molecule has 5 heteroatoms. The third-order valence-electron chi connectivity index (χ3n) is 2.98. The van der Waals surface area contributed by atoms with Gasteiger partial charge in [0.15, 0.2) is 0 Å². The van der Waals surface area contributed by atoms with Crippen LogP contribution in [0.4, 0.5) is 5.82 Å². The van der Waals surface area contributed by atoms with Crippen LogP contribution in [0.15, 0.2) is 12.4 Å². The molecule has 1 aliphatic rings. The quantitative estimate of drug-likeness (QED) is 0.870. The second-order valence-corrected chi connectivity index (χ2v) is 5.18. The van der Waals surface area contributed by atoms with E-state index in [1.807, 2.05) is 12.4 Å². The van der Waals surface area contributed by atoms with Crippen LogP contribution in [-0.2, 0) is 11.3 Å². The van der Waals surface area contributed by atoms with Gasteiger partial charge in [-0.05, 0) is 20.4 Å². The van der Waals surface area contributed by atoms with Crippen molar-refractivity contribution in [2.45, 2.75) is 32.9 Å². The fraction of sp³-hybridized carbons (Fsp3) is 0.692. The highest BCUT2D eigenvalue weighted by Gasteiger charge is 2.28. The minimum absolute atomic E-state index is 0.113. The van der Waals surface area contributed by atoms with Gasteiger partial charge in [0.25, 0.3) is 0 Å². The van der Waals surface area contributed by atoms with E-state index in [4.69, 9.17) is 4.74 Å². The summed E-state index contributed by atoms with van der Waals surface area (Å²) in [4.78, 5) is 11.2. The van der Waals surface area contributed by atoms with Crippen molar-refractivity contribution in [2.75, 3.05) is 31.1 Å². The highest BCUT2D eigenvalue weighted by Crippen LogP contribution is 2.20. The van der Waals surface area contributed by atoms with Crippen LogP contribution >= 0.6 is 0 Å². The molecule has 0 aromatic carbocycles. The zero-order valence-electron chi connectivity index (χ0n) is 11.4. The normalized spacial score (nSPS) is 18.9. The van der Waals surface area contributed by atoms with Gasteiger partial charge in [-0.1, -0.05) is 6.92 Å². The molecule has 18 heavy (non-hydrogen) atoms. The third-order valence-corrected chi connectivity index (χ3v) is 2.98. The average Bonchev–Trinajstić information content (AvgIpc) is 2.35. The summed E-state index contributed by atoms with van der Waals surface area (Å²) in [6.07, 6.45) is 3.65. The van der Waals surface area contributed by atoms with Gasteiger partial charge in [0.05, 0.1) is 24.1 Å². The first-order valence-corrected chi connectivity index (χ1v) is 6.51. The Morgan fingerprint density at radius 3 is 3.00 bits per heavy atom. The molecule has 0 radical (unpaired) electrons. The van der Waals surface area contributed by atoms with Crippen molar-refractivity contribution in [1.82, 2.24) is 15.3 Å². The van der Waals surface area contributed by atoms with Crippen LogP contribution in [0.1, 0.15) is 26.5 Å². The van der Waals surface area contributed by atoms with Crippen LogP contribution in [0.25, 0.3) is 0 Å². The van der Waals surface area contributed by atoms with Crippen molar-refractivity contribution in [2.24, 2.45) is 0 Å². The highest BCUT2D eigenvalue weighted by molar-refractivity contribution is 5.37. The Labute approximate surface area is 109 Å². The van der Waals surface area contributed by atoms with E-state index in [1.165, 1.54) is 0 Å². The maximum absolute atomic E-state index is 5.71. The molecule has 0 spiro atoms. The third kappa shape index (κ3) is 3.40. The van der Waals surface area contributed by atoms with Crippen LogP contribution in [0.5, 0.6) is 0 Å². The Bertz CT molecular complexity index is 394. The average molecular weight is 250 g/mol. The summed E-state index contributed by atoms with van der Waals surface area (Å²) in [6.45, 7) is 10.5. The number of rotatable bonds is 4. The summed E-state index contributed by atoms with van der Waals surface area (Å²) in [5, 5.41) is 3.27. The van der Waals surface area contributed by atoms with E-state index in [-0.39, 0.29) is 5.60 Å². The summed E-state index contributed by atoms with van der Waals surface area (Å²) in [6, 6.07) is 0. The molecular formula is C13H22N4O. The first kappa shape index (κ1) is 13.2. The van der Waals surface area contributed by atoms with E-state index in [0.717, 1.165) is 44.3 Å². The van der Waals surface area contributed by atoms with Gasteiger partial charge in [0.2, 0.25) is 0 Å². The molecule has 1 aromatic heterocycles. The van der Waals surface area contributed by atoms with Gasteiger partial charge >= 0.3 is 0 Å². The molecular weight excluding hydrogens is 228 g/mol. The standard InChI is InChI=1S/C13H22N4O/c1-4-14-7-11-8-15-9-12(16-11)17-5-6-18-13(2,3)10-17/h8-9,14H,4-7,10H2,1-3H3. The maximum atomic E-state index is 5.71. The van der Waals surface area contributed by atoms with E-state index in [1.54, 1.807) is 0 Å². The Morgan fingerprint density at radius 2 is 2.28 bits per heavy atom. The van der Waals surface area contributed by atoms with Gasteiger partial charge in [-0.25, -0.2) is 4.98 Å². The van der Waals surface area contributed by atoms with Crippen LogP contribution < -0.4 is 10.2 Å². The Morgan fingerprint density at radius 1 is 1.44 bits per heavy atom. The molecule has 2 heterocycles. The smallest absolute Gasteiger partial charge is 0.147 e. The minimum Gasteiger partial charge on any atom is -0.372 e. The molecule has 1 N–H and O–H groups in total. The van der Waals surface area contributed by atoms with E-state index < -0.39 is 0 Å². The number of hydrogen-bond donors (Lipinski definition) is 1. The molecule has 0 atom stereocenters. The largest absolute Gasteiger partial charge is 0.372 e. The molecule has 1 saturated heterocycles. The van der Waals surface area contributed by atoms with Gasteiger partial charge < -0.3 is 15.0 Å². The summed E-state index contributed by atoms with van der Waals surface area (Å²) in [5.74, 6) is 0.946. The van der Waals surface area contributed by atoms with Crippen molar-refractivity contribution in [3.05, 3.63) is 18.1 Å². The lowest BCUT2D eigenvalue weighted by Gasteiger charge is -2.38. The summed E-state index contributed by atoms with van der Waals surface area (Å²) in [5.41, 5.74) is 0.871. The van der Waals surface area contributed by atoms with Crippen LogP contribution in [0.3, 0.4) is 0 Å². The van der Waals surface area contributed by atoms with Crippen LogP contribution in [-0.4, -0.2) is 41.8 Å². The number of nitrogens with one attached hydrogen (secondary N) is 1. The molecule has 5 nitrogen and oxygen atoms in total. The van der Waals surface area contributed by atoms with Gasteiger partial charge in [0, 0.05) is 25.8 Å². The molecule has 100 valence electrons. The maximum Gasteiger partial charge on any atom is 0.147 e. The second kappa shape index (κ2) is 5.63. The first-order chi connectivity index (χ1) is 8.61. The molecule has 0 saturated carbocycles. The van der Waals surface area contributed by atoms with Crippen molar-refractivity contribution in [3.63, 3.8) is 0 Å². The number of hydrogen-bond acceptors (Lipinski definition) is 5. The van der Waals surface area contributed by atoms with E-state index in [0.29, 0.717) is 0 Å². The molecule has 2 rings (SSSR count). The monoisotopic (exact) mass is 250 g/mol. The molecule has 0 unspecified atom stereocenters. The van der Waals surface area contributed by atoms with Crippen molar-refractivity contribution >= 4 is 5.82 Å². The lowest BCUT2D eigenvalue weighted by molar-refractivity contribution is -0.0279. The summed E-state index contributed by atoms with van der Waals surface area (Å²) >= 11 is 0. The molecule has 1 aromatic rings. The second-order valence-electron chi connectivity index (χ2n) is 5.18. The predicted octanol–water partition coefficient (Wildman–Crippen LogP) is 1.20. The molecule has 1 aliphatic heterocycles. The van der Waals surface area contributed by atoms with Crippen molar-refractivity contribution < 1.29 is 4.74 Å². The predicted molar refractivity (Wildman–Crippen MR) is 71.7 cm³/mol. The van der Waals surface area contributed by atoms with Gasteiger partial charge in [-0.3, -0.25) is 4.98 Å². The van der Waals surface area contributed by atoms with Gasteiger partial charge in [-0.2, -0.15) is 0 Å². The molecule has 0 amide bonds. The van der Waals surface area contributed by atoms with E-state index in [9.17, 15) is 0 Å². The fourth-order valence-corrected chi connectivity index (χ4v) is 2.10. The molecule has 1 fully saturated rings. The Kier molecular flexibility index (Phi) is 4.14. The van der Waals surface area contributed by atoms with Gasteiger partial charge in [-0.15, -0.1) is 0 Å². The summed E-state index contributed by atoms with van der Waals surface area (Å²) in [7, 11) is 0. The Balaban J connectivity index is 2.07. The summed E-state index contributed by atoms with van der Waals surface area (Å²) < 4.78 is 5.71. The molecule has 0 bridgehead atoms. The topological polar surface area (TPSA) is 50.3 Å². The van der Waals surface area contributed by atoms with E-state index in [2.05, 4.69) is 41.0 Å². The Hall–Kier alpha value is -1.20. The zero-order chi connectivity index (χ0) is 13.0. The number of ether oxygens (including phenoxy) is 1. The lowest BCUT2D eigenvalue weighted by Crippen LogP contribution is -2.48. The SMILES string of the molecule is CCNCc1cncc(N2CCOC(C)(C)C2)n1. The fourth-order valence-electron chi connectivity index (χ4n) is 2.10. The van der Waals surface area contributed by atoms with Crippen molar-refractivity contribution in [1.29, 1.82) is 0 Å². The number of anilines is 1. The number of aromatic nitrogens is 2. The van der Waals surface area contributed by atoms with Crippen LogP contribution in [0.2, 0.25) is 0 Å². The van der Waals surface area contributed by atoms with Crippen molar-refractivity contribution in [3.8, 4) is 0 Å². The highest BCUT2D eigenvalue weighted by atomic mass is 16.5. The number of morpholine rings is 1. The minimum atomic E-state index is -0.113. The number of nitrogens with zero attached hydrogens (tertiary/aromatic N) is 3. The lowest BCUT2D eigenvalue weighted by atomic mass is 10.1. The van der Waals surface area contributed by atoms with E-state index >= 15 is 0 Å². The first-order valence-electron chi connectivity index (χ1n) is 6.51.